The summed E-state index contributed by atoms with van der Waals surface area (Å²) < 4.78 is 0. The van der Waals surface area contributed by atoms with Crippen LogP contribution >= 0.6 is 0 Å². The molecule has 0 bridgehead atoms. The predicted molar refractivity (Wildman–Crippen MR) is 53.5 cm³/mol. The summed E-state index contributed by atoms with van der Waals surface area (Å²) >= 11 is 0. The van der Waals surface area contributed by atoms with Crippen LogP contribution in [0.2, 0.25) is 0 Å². The van der Waals surface area contributed by atoms with E-state index in [-0.39, 0.29) is 0 Å². The first-order chi connectivity index (χ1) is 6.15. The van der Waals surface area contributed by atoms with E-state index in [1.54, 1.807) is 12.3 Å². The molecule has 0 saturated carbocycles. The average Bonchev–Trinajstić information content (AvgIpc) is 2.04. The maximum atomic E-state index is 9.66. The van der Waals surface area contributed by atoms with Gasteiger partial charge in [0, 0.05) is 6.20 Å². The first-order valence-corrected chi connectivity index (χ1v) is 4.37. The molecule has 0 spiro atoms. The SMILES string of the molecule is C=CCC(O)c1ncc(C)cc1C. The zero-order valence-corrected chi connectivity index (χ0v) is 8.12. The van der Waals surface area contributed by atoms with Crippen LogP contribution in [0.3, 0.4) is 0 Å². The Kier molecular flexibility index (Phi) is 3.20. The molecule has 0 radical (unpaired) electrons. The summed E-state index contributed by atoms with van der Waals surface area (Å²) in [7, 11) is 0. The van der Waals surface area contributed by atoms with Crippen molar-refractivity contribution in [2.75, 3.05) is 0 Å². The zero-order chi connectivity index (χ0) is 9.84. The van der Waals surface area contributed by atoms with Gasteiger partial charge in [-0.3, -0.25) is 4.98 Å². The average molecular weight is 177 g/mol. The molecule has 1 aromatic rings. The molecule has 1 atom stereocenters. The molecule has 2 nitrogen and oxygen atoms in total. The van der Waals surface area contributed by atoms with Crippen molar-refractivity contribution in [3.8, 4) is 0 Å². The highest BCUT2D eigenvalue weighted by Gasteiger charge is 2.09. The van der Waals surface area contributed by atoms with E-state index in [0.29, 0.717) is 6.42 Å². The quantitative estimate of drug-likeness (QED) is 0.719. The molecule has 1 rings (SSSR count). The third-order valence-electron chi connectivity index (χ3n) is 1.96. The monoisotopic (exact) mass is 177 g/mol. The molecule has 13 heavy (non-hydrogen) atoms. The Morgan fingerprint density at radius 3 is 2.85 bits per heavy atom. The molecule has 1 heterocycles. The van der Waals surface area contributed by atoms with Crippen LogP contribution in [0.4, 0.5) is 0 Å². The Morgan fingerprint density at radius 1 is 1.62 bits per heavy atom. The minimum Gasteiger partial charge on any atom is -0.386 e. The van der Waals surface area contributed by atoms with E-state index in [1.165, 1.54) is 0 Å². The van der Waals surface area contributed by atoms with Gasteiger partial charge in [0.1, 0.15) is 0 Å². The molecule has 0 saturated heterocycles. The fourth-order valence-electron chi connectivity index (χ4n) is 1.34. The number of aromatic nitrogens is 1. The van der Waals surface area contributed by atoms with Gasteiger partial charge in [0.2, 0.25) is 0 Å². The standard InChI is InChI=1S/C11H15NO/c1-4-5-10(13)11-9(3)6-8(2)7-12-11/h4,6-7,10,13H,1,5H2,2-3H3. The van der Waals surface area contributed by atoms with Crippen LogP contribution in [-0.4, -0.2) is 10.1 Å². The van der Waals surface area contributed by atoms with Crippen molar-refractivity contribution in [2.24, 2.45) is 0 Å². The van der Waals surface area contributed by atoms with Crippen LogP contribution in [0.5, 0.6) is 0 Å². The second-order valence-corrected chi connectivity index (χ2v) is 3.25. The maximum absolute atomic E-state index is 9.66. The van der Waals surface area contributed by atoms with Crippen molar-refractivity contribution >= 4 is 0 Å². The lowest BCUT2D eigenvalue weighted by molar-refractivity contribution is 0.176. The van der Waals surface area contributed by atoms with Gasteiger partial charge < -0.3 is 5.11 Å². The van der Waals surface area contributed by atoms with Crippen LogP contribution in [0.15, 0.2) is 24.9 Å². The number of aryl methyl sites for hydroxylation is 2. The zero-order valence-electron chi connectivity index (χ0n) is 8.12. The van der Waals surface area contributed by atoms with Gasteiger partial charge in [0.05, 0.1) is 11.8 Å². The van der Waals surface area contributed by atoms with Crippen molar-refractivity contribution < 1.29 is 5.11 Å². The molecular formula is C11H15NO. The summed E-state index contributed by atoms with van der Waals surface area (Å²) in [5.74, 6) is 0. The predicted octanol–water partition coefficient (Wildman–Crippen LogP) is 2.31. The Labute approximate surface area is 78.9 Å². The highest BCUT2D eigenvalue weighted by atomic mass is 16.3. The van der Waals surface area contributed by atoms with Gasteiger partial charge in [-0.2, -0.15) is 0 Å². The molecular weight excluding hydrogens is 162 g/mol. The summed E-state index contributed by atoms with van der Waals surface area (Å²) in [6, 6.07) is 2.02. The fraction of sp³-hybridized carbons (Fsp3) is 0.364. The lowest BCUT2D eigenvalue weighted by Gasteiger charge is -2.10. The van der Waals surface area contributed by atoms with Crippen LogP contribution in [0.25, 0.3) is 0 Å². The topological polar surface area (TPSA) is 33.1 Å². The molecule has 70 valence electrons. The normalized spacial score (nSPS) is 12.5. The summed E-state index contributed by atoms with van der Waals surface area (Å²) in [4.78, 5) is 4.20. The number of rotatable bonds is 3. The van der Waals surface area contributed by atoms with Crippen LogP contribution in [-0.2, 0) is 0 Å². The Bertz CT molecular complexity index is 307. The van der Waals surface area contributed by atoms with Crippen LogP contribution in [0.1, 0.15) is 29.3 Å². The van der Waals surface area contributed by atoms with Crippen molar-refractivity contribution in [1.29, 1.82) is 0 Å². The number of aliphatic hydroxyl groups excluding tert-OH is 1. The van der Waals surface area contributed by atoms with Gasteiger partial charge in [-0.15, -0.1) is 6.58 Å². The molecule has 0 aliphatic rings. The summed E-state index contributed by atoms with van der Waals surface area (Å²) in [6.45, 7) is 7.54. The molecule has 0 amide bonds. The number of aliphatic hydroxyl groups is 1. The van der Waals surface area contributed by atoms with Gasteiger partial charge in [0.15, 0.2) is 0 Å². The number of hydrogen-bond donors (Lipinski definition) is 1. The van der Waals surface area contributed by atoms with E-state index in [9.17, 15) is 5.11 Å². The van der Waals surface area contributed by atoms with Crippen molar-refractivity contribution in [1.82, 2.24) is 4.98 Å². The highest BCUT2D eigenvalue weighted by molar-refractivity contribution is 5.24. The van der Waals surface area contributed by atoms with Gasteiger partial charge in [-0.05, 0) is 31.4 Å². The van der Waals surface area contributed by atoms with E-state index in [1.807, 2.05) is 19.9 Å². The largest absolute Gasteiger partial charge is 0.386 e. The smallest absolute Gasteiger partial charge is 0.0996 e. The van der Waals surface area contributed by atoms with Crippen LogP contribution in [0, 0.1) is 13.8 Å². The molecule has 0 fully saturated rings. The van der Waals surface area contributed by atoms with E-state index in [0.717, 1.165) is 16.8 Å². The Hall–Kier alpha value is -1.15. The molecule has 0 aliphatic heterocycles. The summed E-state index contributed by atoms with van der Waals surface area (Å²) in [6.07, 6.45) is 3.51. The minimum atomic E-state index is -0.516. The van der Waals surface area contributed by atoms with E-state index in [4.69, 9.17) is 0 Å². The van der Waals surface area contributed by atoms with Gasteiger partial charge >= 0.3 is 0 Å². The molecule has 0 aliphatic carbocycles. The van der Waals surface area contributed by atoms with Crippen molar-refractivity contribution in [3.05, 3.63) is 41.7 Å². The molecule has 1 N–H and O–H groups in total. The Morgan fingerprint density at radius 2 is 2.31 bits per heavy atom. The van der Waals surface area contributed by atoms with Crippen molar-refractivity contribution in [3.63, 3.8) is 0 Å². The third-order valence-corrected chi connectivity index (χ3v) is 1.96. The van der Waals surface area contributed by atoms with E-state index in [2.05, 4.69) is 11.6 Å². The lowest BCUT2D eigenvalue weighted by atomic mass is 10.1. The maximum Gasteiger partial charge on any atom is 0.0996 e. The van der Waals surface area contributed by atoms with Crippen LogP contribution < -0.4 is 0 Å². The van der Waals surface area contributed by atoms with E-state index >= 15 is 0 Å². The lowest BCUT2D eigenvalue weighted by Crippen LogP contribution is -2.02. The molecule has 1 aromatic heterocycles. The first-order valence-electron chi connectivity index (χ1n) is 4.37. The minimum absolute atomic E-state index is 0.516. The Balaban J connectivity index is 2.94. The van der Waals surface area contributed by atoms with Gasteiger partial charge in [0.25, 0.3) is 0 Å². The number of hydrogen-bond acceptors (Lipinski definition) is 2. The second-order valence-electron chi connectivity index (χ2n) is 3.25. The summed E-state index contributed by atoms with van der Waals surface area (Å²) in [5.41, 5.74) is 2.91. The van der Waals surface area contributed by atoms with Gasteiger partial charge in [-0.25, -0.2) is 0 Å². The molecule has 1 unspecified atom stereocenters. The summed E-state index contributed by atoms with van der Waals surface area (Å²) in [5, 5.41) is 9.66. The molecule has 2 heteroatoms. The van der Waals surface area contributed by atoms with Gasteiger partial charge in [-0.1, -0.05) is 12.1 Å². The van der Waals surface area contributed by atoms with E-state index < -0.39 is 6.10 Å². The first kappa shape index (κ1) is 9.93. The molecule has 0 aromatic carbocycles. The highest BCUT2D eigenvalue weighted by Crippen LogP contribution is 2.18. The fourth-order valence-corrected chi connectivity index (χ4v) is 1.34. The number of pyridine rings is 1. The number of nitrogens with zero attached hydrogens (tertiary/aromatic N) is 1. The third kappa shape index (κ3) is 2.39. The van der Waals surface area contributed by atoms with Crippen molar-refractivity contribution in [2.45, 2.75) is 26.4 Å². The second kappa shape index (κ2) is 4.19.